The van der Waals surface area contributed by atoms with Crippen molar-refractivity contribution in [2.45, 2.75) is 13.1 Å². The Kier molecular flexibility index (Phi) is 5.14. The second-order valence-electron chi connectivity index (χ2n) is 7.65. The smallest absolute Gasteiger partial charge is 0.336 e. The molecule has 31 heavy (non-hydrogen) atoms. The fourth-order valence-corrected chi connectivity index (χ4v) is 4.19. The molecule has 2 heterocycles. The van der Waals surface area contributed by atoms with Gasteiger partial charge >= 0.3 is 5.63 Å². The summed E-state index contributed by atoms with van der Waals surface area (Å²) in [6.07, 6.45) is 0. The lowest BCUT2D eigenvalue weighted by molar-refractivity contribution is -0.945. The van der Waals surface area contributed by atoms with Crippen molar-refractivity contribution in [1.29, 1.82) is 0 Å². The van der Waals surface area contributed by atoms with Gasteiger partial charge < -0.3 is 13.9 Å². The zero-order valence-corrected chi connectivity index (χ0v) is 17.7. The van der Waals surface area contributed by atoms with Gasteiger partial charge in [-0.2, -0.15) is 0 Å². The zero-order chi connectivity index (χ0) is 21.4. The molecule has 0 aliphatic carbocycles. The first-order valence-electron chi connectivity index (χ1n) is 10.1. The second kappa shape index (κ2) is 8.10. The van der Waals surface area contributed by atoms with Gasteiger partial charge in [0.05, 0.1) is 12.7 Å². The molecular weight excluding hydrogens is 414 g/mol. The quantitative estimate of drug-likeness (QED) is 0.492. The van der Waals surface area contributed by atoms with E-state index in [0.717, 1.165) is 45.1 Å². The first-order chi connectivity index (χ1) is 15.1. The third kappa shape index (κ3) is 3.90. The van der Waals surface area contributed by atoms with Crippen LogP contribution in [0.1, 0.15) is 11.1 Å². The Labute approximate surface area is 184 Å². The highest BCUT2D eigenvalue weighted by atomic mass is 35.5. The van der Waals surface area contributed by atoms with Crippen LogP contribution >= 0.6 is 11.6 Å². The van der Waals surface area contributed by atoms with E-state index in [2.05, 4.69) is 0 Å². The molecular formula is C25H21ClNO4+. The molecule has 0 spiro atoms. The van der Waals surface area contributed by atoms with Crippen LogP contribution in [0.15, 0.2) is 75.9 Å². The Morgan fingerprint density at radius 1 is 1.03 bits per heavy atom. The first kappa shape index (κ1) is 19.7. The molecule has 6 heteroatoms. The molecule has 0 radical (unpaired) electrons. The zero-order valence-electron chi connectivity index (χ0n) is 17.0. The molecule has 0 saturated heterocycles. The van der Waals surface area contributed by atoms with Crippen molar-refractivity contribution < 1.29 is 18.8 Å². The van der Waals surface area contributed by atoms with Crippen LogP contribution < -0.4 is 20.0 Å². The van der Waals surface area contributed by atoms with Gasteiger partial charge in [-0.3, -0.25) is 4.90 Å². The Morgan fingerprint density at radius 3 is 2.55 bits per heavy atom. The Balaban J connectivity index is 1.54. The van der Waals surface area contributed by atoms with Crippen LogP contribution in [0.5, 0.6) is 11.5 Å². The predicted molar refractivity (Wildman–Crippen MR) is 120 cm³/mol. The SMILES string of the molecule is COc1ccc(-c2cc(=O)oc3c4c(ccc23)OC[NH+](Cc2ccc(Cl)cc2)C4)cc1. The van der Waals surface area contributed by atoms with Gasteiger partial charge in [-0.1, -0.05) is 35.9 Å². The molecule has 1 aliphatic rings. The second-order valence-corrected chi connectivity index (χ2v) is 8.08. The fourth-order valence-electron chi connectivity index (χ4n) is 4.06. The van der Waals surface area contributed by atoms with Crippen LogP contribution in [0.2, 0.25) is 5.02 Å². The largest absolute Gasteiger partial charge is 0.497 e. The topological polar surface area (TPSA) is 53.1 Å². The molecule has 1 N–H and O–H groups in total. The van der Waals surface area contributed by atoms with Crippen LogP contribution in [-0.4, -0.2) is 13.8 Å². The van der Waals surface area contributed by atoms with Gasteiger partial charge in [0, 0.05) is 22.0 Å². The lowest BCUT2D eigenvalue weighted by atomic mass is 9.99. The third-order valence-electron chi connectivity index (χ3n) is 5.60. The van der Waals surface area contributed by atoms with E-state index in [1.54, 1.807) is 13.2 Å². The molecule has 0 fully saturated rings. The predicted octanol–water partition coefficient (Wildman–Crippen LogP) is 4.06. The minimum Gasteiger partial charge on any atom is -0.497 e. The highest BCUT2D eigenvalue weighted by Crippen LogP contribution is 2.34. The number of fused-ring (bicyclic) bond motifs is 3. The van der Waals surface area contributed by atoms with E-state index in [-0.39, 0.29) is 5.63 Å². The minimum atomic E-state index is -0.378. The lowest BCUT2D eigenvalue weighted by Crippen LogP contribution is -3.10. The summed E-state index contributed by atoms with van der Waals surface area (Å²) in [5.41, 5.74) is 4.06. The molecule has 3 aromatic carbocycles. The van der Waals surface area contributed by atoms with Crippen molar-refractivity contribution in [1.82, 2.24) is 0 Å². The molecule has 0 amide bonds. The number of quaternary nitrogens is 1. The Hall–Kier alpha value is -3.28. The maximum absolute atomic E-state index is 12.4. The van der Waals surface area contributed by atoms with Gasteiger partial charge in [0.25, 0.3) is 0 Å². The molecule has 4 aromatic rings. The van der Waals surface area contributed by atoms with Crippen molar-refractivity contribution in [2.24, 2.45) is 0 Å². The molecule has 5 rings (SSSR count). The standard InChI is InChI=1S/C25H20ClNO4/c1-29-19-8-4-17(5-9-19)21-12-24(28)31-25-20(21)10-11-23-22(25)14-27(15-30-23)13-16-2-6-18(26)7-3-16/h2-12H,13-15H2,1H3/p+1. The summed E-state index contributed by atoms with van der Waals surface area (Å²) in [7, 11) is 1.63. The van der Waals surface area contributed by atoms with Gasteiger partial charge in [0.15, 0.2) is 5.58 Å². The minimum absolute atomic E-state index is 0.378. The summed E-state index contributed by atoms with van der Waals surface area (Å²) in [6.45, 7) is 2.03. The van der Waals surface area contributed by atoms with Gasteiger partial charge in [0.1, 0.15) is 24.6 Å². The number of halogens is 1. The van der Waals surface area contributed by atoms with Gasteiger partial charge in [-0.15, -0.1) is 0 Å². The fraction of sp³-hybridized carbons (Fsp3) is 0.160. The van der Waals surface area contributed by atoms with E-state index in [9.17, 15) is 4.79 Å². The number of nitrogens with one attached hydrogen (secondary N) is 1. The van der Waals surface area contributed by atoms with Crippen LogP contribution in [0.25, 0.3) is 22.1 Å². The van der Waals surface area contributed by atoms with Gasteiger partial charge in [-0.05, 0) is 47.5 Å². The van der Waals surface area contributed by atoms with Crippen LogP contribution in [0, 0.1) is 0 Å². The first-order valence-corrected chi connectivity index (χ1v) is 10.4. The Bertz CT molecular complexity index is 1300. The highest BCUT2D eigenvalue weighted by Gasteiger charge is 2.25. The number of rotatable bonds is 4. The monoisotopic (exact) mass is 434 g/mol. The summed E-state index contributed by atoms with van der Waals surface area (Å²) >= 11 is 6.00. The maximum atomic E-state index is 12.4. The van der Waals surface area contributed by atoms with Crippen molar-refractivity contribution in [3.05, 3.63) is 93.3 Å². The van der Waals surface area contributed by atoms with E-state index in [1.807, 2.05) is 60.7 Å². The highest BCUT2D eigenvalue weighted by molar-refractivity contribution is 6.30. The van der Waals surface area contributed by atoms with Crippen molar-refractivity contribution in [2.75, 3.05) is 13.8 Å². The van der Waals surface area contributed by atoms with Crippen molar-refractivity contribution in [3.63, 3.8) is 0 Å². The summed E-state index contributed by atoms with van der Waals surface area (Å²) in [4.78, 5) is 13.7. The average molecular weight is 435 g/mol. The van der Waals surface area contributed by atoms with Gasteiger partial charge in [0.2, 0.25) is 6.73 Å². The summed E-state index contributed by atoms with van der Waals surface area (Å²) in [5.74, 6) is 1.53. The molecule has 1 unspecified atom stereocenters. The number of hydrogen-bond donors (Lipinski definition) is 1. The third-order valence-corrected chi connectivity index (χ3v) is 5.85. The maximum Gasteiger partial charge on any atom is 0.336 e. The molecule has 0 saturated carbocycles. The van der Waals surface area contributed by atoms with E-state index in [0.29, 0.717) is 18.9 Å². The molecule has 0 bridgehead atoms. The molecule has 5 nitrogen and oxygen atoms in total. The summed E-state index contributed by atoms with van der Waals surface area (Å²) < 4.78 is 17.0. The van der Waals surface area contributed by atoms with Crippen LogP contribution in [-0.2, 0) is 13.1 Å². The van der Waals surface area contributed by atoms with Crippen molar-refractivity contribution in [3.8, 4) is 22.6 Å². The lowest BCUT2D eigenvalue weighted by Gasteiger charge is -2.26. The van der Waals surface area contributed by atoms with E-state index in [1.165, 1.54) is 10.5 Å². The normalized spacial score (nSPS) is 15.4. The summed E-state index contributed by atoms with van der Waals surface area (Å²) in [5, 5.41) is 1.61. The van der Waals surface area contributed by atoms with E-state index in [4.69, 9.17) is 25.5 Å². The average Bonchev–Trinajstić information content (AvgIpc) is 2.80. The van der Waals surface area contributed by atoms with E-state index < -0.39 is 0 Å². The number of ether oxygens (including phenoxy) is 2. The van der Waals surface area contributed by atoms with Crippen LogP contribution in [0.4, 0.5) is 0 Å². The Morgan fingerprint density at radius 2 is 1.81 bits per heavy atom. The molecule has 1 aromatic heterocycles. The van der Waals surface area contributed by atoms with Crippen molar-refractivity contribution >= 4 is 22.6 Å². The molecule has 156 valence electrons. The van der Waals surface area contributed by atoms with E-state index >= 15 is 0 Å². The van der Waals surface area contributed by atoms with Gasteiger partial charge in [-0.25, -0.2) is 4.79 Å². The summed E-state index contributed by atoms with van der Waals surface area (Å²) in [6, 6.07) is 21.0. The molecule has 1 aliphatic heterocycles. The number of hydrogen-bond acceptors (Lipinski definition) is 4. The number of benzene rings is 3. The van der Waals surface area contributed by atoms with Crippen LogP contribution in [0.3, 0.4) is 0 Å². The number of methoxy groups -OCH3 is 1. The molecule has 1 atom stereocenters.